The van der Waals surface area contributed by atoms with Crippen LogP contribution in [0.4, 0.5) is 4.79 Å². The lowest BCUT2D eigenvalue weighted by Crippen LogP contribution is -2.51. The first kappa shape index (κ1) is 16.0. The number of aliphatic carboxylic acids is 1. The minimum absolute atomic E-state index is 0.0510. The molecule has 120 valence electrons. The van der Waals surface area contributed by atoms with E-state index in [1.807, 2.05) is 0 Å². The van der Waals surface area contributed by atoms with Crippen molar-refractivity contribution in [2.45, 2.75) is 31.6 Å². The maximum atomic E-state index is 12.1. The summed E-state index contributed by atoms with van der Waals surface area (Å²) in [5.41, 5.74) is 0. The molecule has 2 heterocycles. The van der Waals surface area contributed by atoms with Crippen molar-refractivity contribution in [1.29, 1.82) is 0 Å². The van der Waals surface area contributed by atoms with Crippen LogP contribution in [0.15, 0.2) is 0 Å². The Balaban J connectivity index is 1.82. The number of ether oxygens (including phenoxy) is 1. The summed E-state index contributed by atoms with van der Waals surface area (Å²) in [6.45, 7) is 5.68. The van der Waals surface area contributed by atoms with Gasteiger partial charge in [0, 0.05) is 32.6 Å². The molecule has 3 unspecified atom stereocenters. The molecule has 0 aromatic carbocycles. The normalized spacial score (nSPS) is 30.4. The number of carbonyl (C=O) groups excluding carboxylic acids is 1. The van der Waals surface area contributed by atoms with Crippen molar-refractivity contribution >= 4 is 12.0 Å². The number of rotatable bonds is 4. The molecule has 2 amide bonds. The second kappa shape index (κ2) is 7.06. The largest absolute Gasteiger partial charge is 0.480 e. The van der Waals surface area contributed by atoms with E-state index >= 15 is 0 Å². The van der Waals surface area contributed by atoms with Crippen molar-refractivity contribution in [3.63, 3.8) is 0 Å². The van der Waals surface area contributed by atoms with Gasteiger partial charge in [-0.05, 0) is 6.54 Å². The van der Waals surface area contributed by atoms with Crippen LogP contribution in [-0.2, 0) is 9.53 Å². The van der Waals surface area contributed by atoms with Gasteiger partial charge in [-0.2, -0.15) is 0 Å². The number of nitrogens with one attached hydrogen (secondary N) is 1. The monoisotopic (exact) mass is 301 g/mol. The zero-order chi connectivity index (χ0) is 15.4. The third-order valence-corrected chi connectivity index (χ3v) is 3.98. The molecule has 2 aliphatic heterocycles. The third kappa shape index (κ3) is 4.05. The molecule has 3 atom stereocenters. The second-order valence-corrected chi connectivity index (χ2v) is 5.47. The number of β-amino-alcohol motifs (C(OH)–C–C–N with tert-alkyl or cyclic N) is 1. The van der Waals surface area contributed by atoms with Crippen LogP contribution >= 0.6 is 0 Å². The van der Waals surface area contributed by atoms with Crippen molar-refractivity contribution in [1.82, 2.24) is 15.1 Å². The predicted molar refractivity (Wildman–Crippen MR) is 74.0 cm³/mol. The van der Waals surface area contributed by atoms with E-state index in [4.69, 9.17) is 9.84 Å². The van der Waals surface area contributed by atoms with Crippen LogP contribution in [0, 0.1) is 0 Å². The summed E-state index contributed by atoms with van der Waals surface area (Å²) in [6.07, 6.45) is -0.788. The molecular weight excluding hydrogens is 278 g/mol. The fourth-order valence-corrected chi connectivity index (χ4v) is 2.77. The molecule has 0 spiro atoms. The average Bonchev–Trinajstić information content (AvgIpc) is 2.87. The first-order chi connectivity index (χ1) is 10.0. The molecule has 8 heteroatoms. The first-order valence-corrected chi connectivity index (χ1v) is 7.30. The van der Waals surface area contributed by atoms with E-state index in [0.29, 0.717) is 13.2 Å². The van der Waals surface area contributed by atoms with Crippen LogP contribution < -0.4 is 5.32 Å². The minimum atomic E-state index is -1.09. The number of likely N-dealkylation sites (N-methyl/N-ethyl adjacent to an activating group) is 1. The summed E-state index contributed by atoms with van der Waals surface area (Å²) >= 11 is 0. The van der Waals surface area contributed by atoms with Crippen LogP contribution in [0.5, 0.6) is 0 Å². The van der Waals surface area contributed by atoms with Crippen LogP contribution in [0.3, 0.4) is 0 Å². The highest BCUT2D eigenvalue weighted by Gasteiger charge is 2.39. The maximum Gasteiger partial charge on any atom is 0.326 e. The van der Waals surface area contributed by atoms with Crippen LogP contribution in [0.1, 0.15) is 13.3 Å². The Kier molecular flexibility index (Phi) is 5.38. The molecular formula is C13H23N3O5. The Morgan fingerprint density at radius 3 is 2.81 bits per heavy atom. The van der Waals surface area contributed by atoms with E-state index in [1.165, 1.54) is 4.90 Å². The van der Waals surface area contributed by atoms with Gasteiger partial charge in [-0.1, -0.05) is 6.92 Å². The zero-order valence-corrected chi connectivity index (χ0v) is 12.2. The smallest absolute Gasteiger partial charge is 0.326 e. The second-order valence-electron chi connectivity index (χ2n) is 5.47. The number of carbonyl (C=O) groups is 2. The fourth-order valence-electron chi connectivity index (χ4n) is 2.77. The number of urea groups is 1. The molecule has 0 radical (unpaired) electrons. The molecule has 2 aliphatic rings. The van der Waals surface area contributed by atoms with Gasteiger partial charge in [-0.3, -0.25) is 4.90 Å². The minimum Gasteiger partial charge on any atom is -0.480 e. The Labute approximate surface area is 123 Å². The molecule has 0 saturated carbocycles. The van der Waals surface area contributed by atoms with Gasteiger partial charge in [0.2, 0.25) is 0 Å². The number of carboxylic acids is 1. The standard InChI is InChI=1S/C13H23N3O5/c1-2-15-3-4-21-10(8-15)6-14-13(20)16-7-9(17)5-11(16)12(18)19/h9-11,17H,2-8H2,1H3,(H,14,20)(H,18,19). The van der Waals surface area contributed by atoms with E-state index in [0.717, 1.165) is 19.6 Å². The lowest BCUT2D eigenvalue weighted by molar-refractivity contribution is -0.141. The number of hydrogen-bond donors (Lipinski definition) is 3. The Hall–Kier alpha value is -1.38. The first-order valence-electron chi connectivity index (χ1n) is 7.30. The highest BCUT2D eigenvalue weighted by atomic mass is 16.5. The zero-order valence-electron chi connectivity index (χ0n) is 12.2. The quantitative estimate of drug-likeness (QED) is 0.611. The summed E-state index contributed by atoms with van der Waals surface area (Å²) in [5, 5.41) is 21.3. The lowest BCUT2D eigenvalue weighted by atomic mass is 10.2. The van der Waals surface area contributed by atoms with Crippen molar-refractivity contribution in [3.8, 4) is 0 Å². The maximum absolute atomic E-state index is 12.1. The van der Waals surface area contributed by atoms with Gasteiger partial charge in [0.25, 0.3) is 0 Å². The van der Waals surface area contributed by atoms with E-state index in [-0.39, 0.29) is 19.1 Å². The van der Waals surface area contributed by atoms with E-state index in [2.05, 4.69) is 17.1 Å². The van der Waals surface area contributed by atoms with E-state index in [9.17, 15) is 14.7 Å². The van der Waals surface area contributed by atoms with Crippen molar-refractivity contribution in [2.24, 2.45) is 0 Å². The molecule has 2 saturated heterocycles. The molecule has 0 aromatic heterocycles. The van der Waals surface area contributed by atoms with Gasteiger partial charge in [-0.25, -0.2) is 9.59 Å². The number of carboxylic acid groups (broad SMARTS) is 1. The van der Waals surface area contributed by atoms with Crippen molar-refractivity contribution < 1.29 is 24.5 Å². The summed E-state index contributed by atoms with van der Waals surface area (Å²) in [4.78, 5) is 26.6. The number of aliphatic hydroxyl groups excluding tert-OH is 1. The Morgan fingerprint density at radius 2 is 2.14 bits per heavy atom. The van der Waals surface area contributed by atoms with Gasteiger partial charge in [0.05, 0.1) is 18.8 Å². The highest BCUT2D eigenvalue weighted by molar-refractivity contribution is 5.83. The Morgan fingerprint density at radius 1 is 1.38 bits per heavy atom. The number of amides is 2. The molecule has 2 rings (SSSR count). The molecule has 0 aliphatic carbocycles. The summed E-state index contributed by atoms with van der Waals surface area (Å²) in [7, 11) is 0. The molecule has 2 fully saturated rings. The third-order valence-electron chi connectivity index (χ3n) is 3.98. The van der Waals surface area contributed by atoms with Crippen LogP contribution in [0.2, 0.25) is 0 Å². The van der Waals surface area contributed by atoms with Crippen LogP contribution in [-0.4, -0.2) is 89.6 Å². The van der Waals surface area contributed by atoms with Gasteiger partial charge >= 0.3 is 12.0 Å². The topological polar surface area (TPSA) is 102 Å². The molecule has 3 N–H and O–H groups in total. The van der Waals surface area contributed by atoms with E-state index in [1.54, 1.807) is 0 Å². The van der Waals surface area contributed by atoms with Crippen molar-refractivity contribution in [3.05, 3.63) is 0 Å². The number of aliphatic hydroxyl groups is 1. The fraction of sp³-hybridized carbons (Fsp3) is 0.846. The number of likely N-dealkylation sites (tertiary alicyclic amines) is 1. The van der Waals surface area contributed by atoms with Gasteiger partial charge in [0.1, 0.15) is 6.04 Å². The summed E-state index contributed by atoms with van der Waals surface area (Å²) in [6, 6.07) is -1.42. The number of morpholine rings is 1. The average molecular weight is 301 g/mol. The number of hydrogen-bond acceptors (Lipinski definition) is 5. The lowest BCUT2D eigenvalue weighted by Gasteiger charge is -2.32. The molecule has 0 aromatic rings. The van der Waals surface area contributed by atoms with Crippen LogP contribution in [0.25, 0.3) is 0 Å². The molecule has 21 heavy (non-hydrogen) atoms. The van der Waals surface area contributed by atoms with Gasteiger partial charge in [0.15, 0.2) is 0 Å². The highest BCUT2D eigenvalue weighted by Crippen LogP contribution is 2.18. The van der Waals surface area contributed by atoms with Gasteiger partial charge < -0.3 is 25.2 Å². The predicted octanol–water partition coefficient (Wildman–Crippen LogP) is -1.06. The van der Waals surface area contributed by atoms with Gasteiger partial charge in [-0.15, -0.1) is 0 Å². The SMILES string of the molecule is CCN1CCOC(CNC(=O)N2CC(O)CC2C(=O)O)C1. The number of nitrogens with zero attached hydrogens (tertiary/aromatic N) is 2. The van der Waals surface area contributed by atoms with Crippen molar-refractivity contribution in [2.75, 3.05) is 39.3 Å². The Bertz CT molecular complexity index is 392. The summed E-state index contributed by atoms with van der Waals surface area (Å²) < 4.78 is 5.58. The van der Waals surface area contributed by atoms with E-state index < -0.39 is 24.1 Å². The molecule has 8 nitrogen and oxygen atoms in total. The molecule has 0 bridgehead atoms. The summed E-state index contributed by atoms with van der Waals surface area (Å²) in [5.74, 6) is -1.09.